The number of rotatable bonds is 5. The molecule has 2 unspecified atom stereocenters. The molecule has 14 heavy (non-hydrogen) atoms. The van der Waals surface area contributed by atoms with Crippen LogP contribution in [0.4, 0.5) is 0 Å². The minimum absolute atomic E-state index is 0.336. The highest BCUT2D eigenvalue weighted by atomic mass is 79.9. The number of aliphatic hydroxyl groups excluding tert-OH is 1. The lowest BCUT2D eigenvalue weighted by Gasteiger charge is -2.15. The summed E-state index contributed by atoms with van der Waals surface area (Å²) in [6.07, 6.45) is 0.602. The highest BCUT2D eigenvalue weighted by Crippen LogP contribution is 2.04. The van der Waals surface area contributed by atoms with Crippen LogP contribution in [0.2, 0.25) is 0 Å². The number of methoxy groups -OCH3 is 1. The lowest BCUT2D eigenvalue weighted by Crippen LogP contribution is -2.46. The molecule has 6 heteroatoms. The van der Waals surface area contributed by atoms with E-state index in [0.29, 0.717) is 6.42 Å². The predicted molar refractivity (Wildman–Crippen MR) is 54.0 cm³/mol. The van der Waals surface area contributed by atoms with E-state index < -0.39 is 18.6 Å². The summed E-state index contributed by atoms with van der Waals surface area (Å²) in [5.41, 5.74) is 0. The summed E-state index contributed by atoms with van der Waals surface area (Å²) in [7, 11) is 1.20. The Morgan fingerprint density at radius 1 is 1.57 bits per heavy atom. The molecule has 0 spiro atoms. The van der Waals surface area contributed by atoms with Crippen LogP contribution in [-0.4, -0.2) is 41.6 Å². The van der Waals surface area contributed by atoms with Crippen LogP contribution >= 0.6 is 15.9 Å². The Bertz CT molecular complexity index is 210. The molecule has 0 aliphatic carbocycles. The summed E-state index contributed by atoms with van der Waals surface area (Å²) >= 11 is 3.13. The normalized spacial score (nSPS) is 14.3. The molecule has 0 aliphatic heterocycles. The maximum absolute atomic E-state index is 11.3. The second-order valence-corrected chi connectivity index (χ2v) is 3.75. The van der Waals surface area contributed by atoms with Crippen molar-refractivity contribution in [3.63, 3.8) is 0 Å². The number of ether oxygens (including phenoxy) is 1. The molecule has 2 N–H and O–H groups in total. The third-order valence-electron chi connectivity index (χ3n) is 1.63. The van der Waals surface area contributed by atoms with Gasteiger partial charge in [0.05, 0.1) is 18.5 Å². The van der Waals surface area contributed by atoms with E-state index in [-0.39, 0.29) is 10.7 Å². The molecule has 0 saturated heterocycles. The quantitative estimate of drug-likeness (QED) is 0.535. The maximum atomic E-state index is 11.3. The fraction of sp³-hybridized carbons (Fsp3) is 0.750. The zero-order valence-corrected chi connectivity index (χ0v) is 9.70. The fourth-order valence-corrected chi connectivity index (χ4v) is 0.901. The van der Waals surface area contributed by atoms with E-state index >= 15 is 0 Å². The number of nitrogens with one attached hydrogen (secondary N) is 1. The highest BCUT2D eigenvalue weighted by Gasteiger charge is 2.23. The van der Waals surface area contributed by atoms with E-state index in [9.17, 15) is 9.59 Å². The topological polar surface area (TPSA) is 75.6 Å². The van der Waals surface area contributed by atoms with E-state index in [1.54, 1.807) is 0 Å². The molecular formula is C8H14BrNO4. The number of hydrogen-bond acceptors (Lipinski definition) is 4. The Labute approximate surface area is 90.9 Å². The number of carbonyl (C=O) groups excluding carboxylic acids is 2. The van der Waals surface area contributed by atoms with Gasteiger partial charge in [-0.1, -0.05) is 22.9 Å². The Morgan fingerprint density at radius 2 is 2.14 bits per heavy atom. The number of esters is 1. The third kappa shape index (κ3) is 4.06. The lowest BCUT2D eigenvalue weighted by atomic mass is 10.2. The van der Waals surface area contributed by atoms with E-state index in [0.717, 1.165) is 0 Å². The van der Waals surface area contributed by atoms with Crippen molar-refractivity contribution in [3.8, 4) is 0 Å². The maximum Gasteiger partial charge on any atom is 0.330 e. The zero-order chi connectivity index (χ0) is 11.1. The van der Waals surface area contributed by atoms with Gasteiger partial charge in [-0.25, -0.2) is 4.79 Å². The minimum atomic E-state index is -0.987. The summed E-state index contributed by atoms with van der Waals surface area (Å²) in [5.74, 6) is -0.992. The van der Waals surface area contributed by atoms with Crippen molar-refractivity contribution in [2.24, 2.45) is 0 Å². The van der Waals surface area contributed by atoms with Crippen molar-refractivity contribution in [2.75, 3.05) is 13.7 Å². The molecule has 0 fully saturated rings. The molecular weight excluding hydrogens is 254 g/mol. The minimum Gasteiger partial charge on any atom is -0.467 e. The van der Waals surface area contributed by atoms with Crippen LogP contribution in [0, 0.1) is 0 Å². The SMILES string of the molecule is CCC(Br)C(=O)NC(CO)C(=O)OC. The molecule has 0 aromatic rings. The van der Waals surface area contributed by atoms with E-state index in [1.165, 1.54) is 7.11 Å². The first-order valence-corrected chi connectivity index (χ1v) is 5.11. The summed E-state index contributed by atoms with van der Waals surface area (Å²) in [6.45, 7) is 1.35. The molecule has 0 aliphatic rings. The second-order valence-electron chi connectivity index (χ2n) is 2.64. The molecule has 0 rings (SSSR count). The predicted octanol–water partition coefficient (Wildman–Crippen LogP) is -0.190. The van der Waals surface area contributed by atoms with Crippen molar-refractivity contribution in [1.29, 1.82) is 0 Å². The van der Waals surface area contributed by atoms with Gasteiger partial charge in [0.25, 0.3) is 0 Å². The molecule has 82 valence electrons. The van der Waals surface area contributed by atoms with E-state index in [1.807, 2.05) is 6.92 Å². The number of amides is 1. The van der Waals surface area contributed by atoms with Crippen molar-refractivity contribution in [2.45, 2.75) is 24.2 Å². The monoisotopic (exact) mass is 267 g/mol. The summed E-state index contributed by atoms with van der Waals surface area (Å²) < 4.78 is 4.39. The Morgan fingerprint density at radius 3 is 2.50 bits per heavy atom. The van der Waals surface area contributed by atoms with Crippen molar-refractivity contribution >= 4 is 27.8 Å². The van der Waals surface area contributed by atoms with Gasteiger partial charge in [0.2, 0.25) is 5.91 Å². The number of carbonyl (C=O) groups is 2. The second kappa shape index (κ2) is 6.78. The standard InChI is InChI=1S/C8H14BrNO4/c1-3-5(9)7(12)10-6(4-11)8(13)14-2/h5-6,11H,3-4H2,1-2H3,(H,10,12). The molecule has 0 radical (unpaired) electrons. The molecule has 0 bridgehead atoms. The molecule has 0 aromatic heterocycles. The first-order chi connectivity index (χ1) is 6.56. The molecule has 0 saturated carbocycles. The smallest absolute Gasteiger partial charge is 0.330 e. The highest BCUT2D eigenvalue weighted by molar-refractivity contribution is 9.10. The van der Waals surface area contributed by atoms with Gasteiger partial charge < -0.3 is 15.2 Å². The Kier molecular flexibility index (Phi) is 6.48. The Hall–Kier alpha value is -0.620. The van der Waals surface area contributed by atoms with E-state index in [2.05, 4.69) is 26.0 Å². The van der Waals surface area contributed by atoms with Crippen LogP contribution in [0.1, 0.15) is 13.3 Å². The third-order valence-corrected chi connectivity index (χ3v) is 2.69. The Balaban J connectivity index is 4.18. The molecule has 0 heterocycles. The number of hydrogen-bond donors (Lipinski definition) is 2. The van der Waals surface area contributed by atoms with Gasteiger partial charge in [0, 0.05) is 0 Å². The van der Waals surface area contributed by atoms with Crippen molar-refractivity contribution in [3.05, 3.63) is 0 Å². The molecule has 5 nitrogen and oxygen atoms in total. The first kappa shape index (κ1) is 13.4. The van der Waals surface area contributed by atoms with Gasteiger partial charge in [-0.2, -0.15) is 0 Å². The number of alkyl halides is 1. The summed E-state index contributed by atoms with van der Waals surface area (Å²) in [6, 6.07) is -0.987. The van der Waals surface area contributed by atoms with Gasteiger partial charge >= 0.3 is 5.97 Å². The van der Waals surface area contributed by atoms with Crippen LogP contribution in [0.3, 0.4) is 0 Å². The number of halogens is 1. The van der Waals surface area contributed by atoms with Gasteiger partial charge in [-0.3, -0.25) is 4.79 Å². The van der Waals surface area contributed by atoms with Crippen LogP contribution in [-0.2, 0) is 14.3 Å². The number of aliphatic hydroxyl groups is 1. The zero-order valence-electron chi connectivity index (χ0n) is 8.12. The van der Waals surface area contributed by atoms with Crippen LogP contribution in [0.5, 0.6) is 0 Å². The van der Waals surface area contributed by atoms with Gasteiger partial charge in [0.1, 0.15) is 0 Å². The van der Waals surface area contributed by atoms with Crippen LogP contribution in [0.15, 0.2) is 0 Å². The average molecular weight is 268 g/mol. The van der Waals surface area contributed by atoms with Gasteiger partial charge in [0.15, 0.2) is 6.04 Å². The first-order valence-electron chi connectivity index (χ1n) is 4.19. The molecule has 2 atom stereocenters. The van der Waals surface area contributed by atoms with Crippen molar-refractivity contribution in [1.82, 2.24) is 5.32 Å². The van der Waals surface area contributed by atoms with Gasteiger partial charge in [-0.05, 0) is 6.42 Å². The van der Waals surface area contributed by atoms with Gasteiger partial charge in [-0.15, -0.1) is 0 Å². The fourth-order valence-electron chi connectivity index (χ4n) is 0.769. The van der Waals surface area contributed by atoms with Crippen molar-refractivity contribution < 1.29 is 19.4 Å². The molecule has 1 amide bonds. The largest absolute Gasteiger partial charge is 0.467 e. The molecule has 0 aromatic carbocycles. The lowest BCUT2D eigenvalue weighted by molar-refractivity contribution is -0.146. The van der Waals surface area contributed by atoms with Crippen LogP contribution < -0.4 is 5.32 Å². The summed E-state index contributed by atoms with van der Waals surface area (Å²) in [4.78, 5) is 21.9. The van der Waals surface area contributed by atoms with E-state index in [4.69, 9.17) is 5.11 Å². The average Bonchev–Trinajstić information content (AvgIpc) is 2.22. The van der Waals surface area contributed by atoms with Crippen LogP contribution in [0.25, 0.3) is 0 Å². The summed E-state index contributed by atoms with van der Waals surface area (Å²) in [5, 5.41) is 11.2.